The van der Waals surface area contributed by atoms with Crippen LogP contribution < -0.4 is 5.32 Å². The summed E-state index contributed by atoms with van der Waals surface area (Å²) < 4.78 is 13.2. The molecule has 1 amide bonds. The molecule has 1 aromatic carbocycles. The van der Waals surface area contributed by atoms with Crippen molar-refractivity contribution in [2.45, 2.75) is 20.4 Å². The molecule has 0 aliphatic carbocycles. The van der Waals surface area contributed by atoms with E-state index < -0.39 is 0 Å². The summed E-state index contributed by atoms with van der Waals surface area (Å²) in [4.78, 5) is 15.2. The summed E-state index contributed by atoms with van der Waals surface area (Å²) in [6.07, 6.45) is 0. The molecule has 6 heteroatoms. The van der Waals surface area contributed by atoms with Gasteiger partial charge in [0, 0.05) is 44.9 Å². The maximum absolute atomic E-state index is 12.9. The molecule has 0 saturated carbocycles. The van der Waals surface area contributed by atoms with Crippen molar-refractivity contribution in [3.8, 4) is 0 Å². The average Bonchev–Trinajstić information content (AvgIpc) is 3.21. The minimum Gasteiger partial charge on any atom is -0.460 e. The SMILES string of the molecule is Cc1cc2c(cc(C(=O)NCCN3CCOCC3)n2Cc2ccccc2C)o1. The smallest absolute Gasteiger partial charge is 0.268 e. The first-order valence-corrected chi connectivity index (χ1v) is 9.84. The zero-order chi connectivity index (χ0) is 19.5. The molecule has 0 unspecified atom stereocenters. The molecule has 6 nitrogen and oxygen atoms in total. The van der Waals surface area contributed by atoms with Crippen molar-refractivity contribution < 1.29 is 13.9 Å². The van der Waals surface area contributed by atoms with Crippen LogP contribution in [0.3, 0.4) is 0 Å². The Morgan fingerprint density at radius 2 is 1.93 bits per heavy atom. The molecular formula is C22H27N3O3. The Kier molecular flexibility index (Phi) is 5.50. The number of carbonyl (C=O) groups excluding carboxylic acids is 1. The van der Waals surface area contributed by atoms with Gasteiger partial charge in [-0.2, -0.15) is 0 Å². The van der Waals surface area contributed by atoms with Gasteiger partial charge >= 0.3 is 0 Å². The summed E-state index contributed by atoms with van der Waals surface area (Å²) in [6, 6.07) is 12.1. The highest BCUT2D eigenvalue weighted by Crippen LogP contribution is 2.25. The lowest BCUT2D eigenvalue weighted by molar-refractivity contribution is 0.0383. The first kappa shape index (κ1) is 18.8. The Bertz CT molecular complexity index is 967. The molecule has 0 spiro atoms. The van der Waals surface area contributed by atoms with Gasteiger partial charge in [-0.25, -0.2) is 0 Å². The van der Waals surface area contributed by atoms with E-state index in [1.165, 1.54) is 11.1 Å². The topological polar surface area (TPSA) is 59.6 Å². The summed E-state index contributed by atoms with van der Waals surface area (Å²) in [5.41, 5.74) is 4.76. The third-order valence-corrected chi connectivity index (χ3v) is 5.35. The van der Waals surface area contributed by atoms with Crippen LogP contribution in [0.15, 0.2) is 40.8 Å². The fourth-order valence-electron chi connectivity index (χ4n) is 3.72. The number of hydrogen-bond donors (Lipinski definition) is 1. The molecular weight excluding hydrogens is 354 g/mol. The molecule has 2 aromatic heterocycles. The molecule has 28 heavy (non-hydrogen) atoms. The van der Waals surface area contributed by atoms with Gasteiger partial charge in [0.05, 0.1) is 18.7 Å². The number of ether oxygens (including phenoxy) is 1. The molecule has 0 radical (unpaired) electrons. The number of aromatic nitrogens is 1. The van der Waals surface area contributed by atoms with Crippen LogP contribution in [-0.4, -0.2) is 54.8 Å². The minimum atomic E-state index is -0.0640. The van der Waals surface area contributed by atoms with Gasteiger partial charge in [0.1, 0.15) is 11.5 Å². The van der Waals surface area contributed by atoms with E-state index in [9.17, 15) is 4.79 Å². The predicted octanol–water partition coefficient (Wildman–Crippen LogP) is 2.96. The van der Waals surface area contributed by atoms with Crippen LogP contribution in [0.2, 0.25) is 0 Å². The fourth-order valence-corrected chi connectivity index (χ4v) is 3.72. The number of furan rings is 1. The van der Waals surface area contributed by atoms with Crippen LogP contribution in [0, 0.1) is 13.8 Å². The van der Waals surface area contributed by atoms with Gasteiger partial charge in [-0.1, -0.05) is 24.3 Å². The van der Waals surface area contributed by atoms with Gasteiger partial charge in [-0.05, 0) is 25.0 Å². The molecule has 3 heterocycles. The van der Waals surface area contributed by atoms with Gasteiger partial charge in [-0.3, -0.25) is 9.69 Å². The Balaban J connectivity index is 1.53. The van der Waals surface area contributed by atoms with E-state index in [4.69, 9.17) is 9.15 Å². The molecule has 3 aromatic rings. The molecule has 148 valence electrons. The third-order valence-electron chi connectivity index (χ3n) is 5.35. The van der Waals surface area contributed by atoms with Crippen LogP contribution in [0.4, 0.5) is 0 Å². The van der Waals surface area contributed by atoms with Crippen LogP contribution in [0.1, 0.15) is 27.4 Å². The van der Waals surface area contributed by atoms with Crippen molar-refractivity contribution in [3.63, 3.8) is 0 Å². The van der Waals surface area contributed by atoms with Gasteiger partial charge in [0.25, 0.3) is 5.91 Å². The highest BCUT2D eigenvalue weighted by atomic mass is 16.5. The zero-order valence-corrected chi connectivity index (χ0v) is 16.5. The normalized spacial score (nSPS) is 15.2. The molecule has 0 bridgehead atoms. The van der Waals surface area contributed by atoms with Crippen LogP contribution in [0.25, 0.3) is 11.1 Å². The predicted molar refractivity (Wildman–Crippen MR) is 109 cm³/mol. The van der Waals surface area contributed by atoms with Crippen molar-refractivity contribution in [2.75, 3.05) is 39.4 Å². The average molecular weight is 381 g/mol. The quantitative estimate of drug-likeness (QED) is 0.713. The van der Waals surface area contributed by atoms with Crippen LogP contribution in [0.5, 0.6) is 0 Å². The molecule has 1 saturated heterocycles. The van der Waals surface area contributed by atoms with E-state index in [2.05, 4.69) is 33.8 Å². The Morgan fingerprint density at radius 1 is 1.14 bits per heavy atom. The molecule has 4 rings (SSSR count). The van der Waals surface area contributed by atoms with E-state index in [0.29, 0.717) is 18.8 Å². The van der Waals surface area contributed by atoms with Crippen molar-refractivity contribution in [2.24, 2.45) is 0 Å². The van der Waals surface area contributed by atoms with Crippen molar-refractivity contribution in [3.05, 3.63) is 59.0 Å². The lowest BCUT2D eigenvalue weighted by Gasteiger charge is -2.26. The van der Waals surface area contributed by atoms with E-state index in [1.54, 1.807) is 0 Å². The van der Waals surface area contributed by atoms with E-state index in [1.807, 2.05) is 31.2 Å². The Morgan fingerprint density at radius 3 is 2.71 bits per heavy atom. The number of aryl methyl sites for hydroxylation is 2. The third kappa shape index (κ3) is 3.98. The first-order chi connectivity index (χ1) is 13.6. The summed E-state index contributed by atoms with van der Waals surface area (Å²) in [7, 11) is 0. The molecule has 0 atom stereocenters. The maximum atomic E-state index is 12.9. The largest absolute Gasteiger partial charge is 0.460 e. The van der Waals surface area contributed by atoms with Crippen molar-refractivity contribution >= 4 is 17.0 Å². The lowest BCUT2D eigenvalue weighted by atomic mass is 10.1. The molecule has 1 aliphatic rings. The molecule has 1 N–H and O–H groups in total. The number of amides is 1. The second-order valence-corrected chi connectivity index (χ2v) is 7.36. The first-order valence-electron chi connectivity index (χ1n) is 9.84. The van der Waals surface area contributed by atoms with E-state index in [0.717, 1.165) is 49.7 Å². The van der Waals surface area contributed by atoms with Crippen molar-refractivity contribution in [1.82, 2.24) is 14.8 Å². The second kappa shape index (κ2) is 8.20. The number of nitrogens with one attached hydrogen (secondary N) is 1. The summed E-state index contributed by atoms with van der Waals surface area (Å²) in [6.45, 7) is 9.50. The van der Waals surface area contributed by atoms with Gasteiger partial charge in [-0.15, -0.1) is 0 Å². The zero-order valence-electron chi connectivity index (χ0n) is 16.5. The van der Waals surface area contributed by atoms with Crippen LogP contribution >= 0.6 is 0 Å². The number of benzene rings is 1. The Hall–Kier alpha value is -2.57. The minimum absolute atomic E-state index is 0.0640. The maximum Gasteiger partial charge on any atom is 0.268 e. The van der Waals surface area contributed by atoms with Crippen LogP contribution in [-0.2, 0) is 11.3 Å². The summed E-state index contributed by atoms with van der Waals surface area (Å²) in [5.74, 6) is 0.786. The van der Waals surface area contributed by atoms with Gasteiger partial charge in [0.15, 0.2) is 5.58 Å². The number of morpholine rings is 1. The highest BCUT2D eigenvalue weighted by molar-refractivity contribution is 5.97. The van der Waals surface area contributed by atoms with Gasteiger partial charge < -0.3 is 19.0 Å². The Labute approximate surface area is 165 Å². The summed E-state index contributed by atoms with van der Waals surface area (Å²) >= 11 is 0. The second-order valence-electron chi connectivity index (χ2n) is 7.36. The van der Waals surface area contributed by atoms with E-state index >= 15 is 0 Å². The summed E-state index contributed by atoms with van der Waals surface area (Å²) in [5, 5.41) is 3.07. The number of fused-ring (bicyclic) bond motifs is 1. The monoisotopic (exact) mass is 381 g/mol. The van der Waals surface area contributed by atoms with E-state index in [-0.39, 0.29) is 5.91 Å². The highest BCUT2D eigenvalue weighted by Gasteiger charge is 2.19. The van der Waals surface area contributed by atoms with Crippen molar-refractivity contribution in [1.29, 1.82) is 0 Å². The number of hydrogen-bond acceptors (Lipinski definition) is 4. The molecule has 1 fully saturated rings. The lowest BCUT2D eigenvalue weighted by Crippen LogP contribution is -2.41. The fraction of sp³-hybridized carbons (Fsp3) is 0.409. The van der Waals surface area contributed by atoms with Gasteiger partial charge in [0.2, 0.25) is 0 Å². The number of rotatable bonds is 6. The number of carbonyl (C=O) groups is 1. The standard InChI is InChI=1S/C22H27N3O3/c1-16-5-3-4-6-18(16)15-25-19-13-17(2)28-21(19)14-20(25)22(26)23-7-8-24-9-11-27-12-10-24/h3-6,13-14H,7-12,15H2,1-2H3,(H,23,26). The molecule has 1 aliphatic heterocycles. The number of nitrogens with zero attached hydrogens (tertiary/aromatic N) is 2.